The van der Waals surface area contributed by atoms with Gasteiger partial charge in [-0.05, 0) is 36.0 Å². The number of methoxy groups -OCH3 is 1. The minimum Gasteiger partial charge on any atom is -0.453 e. The molecule has 2 atom stereocenters. The summed E-state index contributed by atoms with van der Waals surface area (Å²) >= 11 is 0. The molecule has 0 saturated carbocycles. The molecule has 0 aromatic heterocycles. The van der Waals surface area contributed by atoms with Crippen molar-refractivity contribution in [3.05, 3.63) is 60.2 Å². The third-order valence-electron chi connectivity index (χ3n) is 5.72. The fraction of sp³-hybridized carbons (Fsp3) is 0.364. The lowest BCUT2D eigenvalue weighted by Gasteiger charge is -2.46. The Morgan fingerprint density at radius 3 is 2.71 bits per heavy atom. The van der Waals surface area contributed by atoms with Gasteiger partial charge < -0.3 is 19.7 Å². The van der Waals surface area contributed by atoms with Crippen molar-refractivity contribution in [2.75, 3.05) is 20.3 Å². The van der Waals surface area contributed by atoms with E-state index in [1.54, 1.807) is 4.90 Å². The summed E-state index contributed by atoms with van der Waals surface area (Å²) in [6.45, 7) is 0.871. The Bertz CT molecular complexity index is 870. The lowest BCUT2D eigenvalue weighted by molar-refractivity contribution is 0.0403. The van der Waals surface area contributed by atoms with Crippen LogP contribution < -0.4 is 5.32 Å². The first-order valence-electron chi connectivity index (χ1n) is 9.55. The van der Waals surface area contributed by atoms with Crippen molar-refractivity contribution < 1.29 is 19.1 Å². The van der Waals surface area contributed by atoms with Crippen LogP contribution in [0.4, 0.5) is 9.59 Å². The number of piperidine rings is 1. The Labute approximate surface area is 164 Å². The molecule has 4 rings (SSSR count). The Kier molecular flexibility index (Phi) is 4.94. The van der Waals surface area contributed by atoms with Gasteiger partial charge in [0.1, 0.15) is 6.61 Å². The molecule has 0 unspecified atom stereocenters. The number of carbonyl (C=O) groups is 2. The summed E-state index contributed by atoms with van der Waals surface area (Å²) in [6.07, 6.45) is 1.38. The van der Waals surface area contributed by atoms with Crippen molar-refractivity contribution >= 4 is 12.2 Å². The van der Waals surface area contributed by atoms with Crippen molar-refractivity contribution in [2.24, 2.45) is 0 Å². The highest BCUT2D eigenvalue weighted by atomic mass is 16.6. The summed E-state index contributed by atoms with van der Waals surface area (Å²) in [5.41, 5.74) is 2.79. The van der Waals surface area contributed by atoms with E-state index in [2.05, 4.69) is 35.6 Å². The van der Waals surface area contributed by atoms with Gasteiger partial charge >= 0.3 is 12.2 Å². The smallest absolute Gasteiger partial charge is 0.409 e. The van der Waals surface area contributed by atoms with Crippen molar-refractivity contribution in [2.45, 2.75) is 30.8 Å². The van der Waals surface area contributed by atoms with Crippen LogP contribution >= 0.6 is 0 Å². The van der Waals surface area contributed by atoms with E-state index in [9.17, 15) is 9.59 Å². The highest BCUT2D eigenvalue weighted by molar-refractivity contribution is 5.73. The van der Waals surface area contributed by atoms with E-state index in [1.807, 2.05) is 24.3 Å². The Morgan fingerprint density at radius 1 is 1.21 bits per heavy atom. The lowest BCUT2D eigenvalue weighted by atomic mass is 9.79. The zero-order valence-electron chi connectivity index (χ0n) is 15.9. The van der Waals surface area contributed by atoms with E-state index in [0.29, 0.717) is 13.0 Å². The molecule has 0 bridgehead atoms. The van der Waals surface area contributed by atoms with Crippen molar-refractivity contribution in [1.29, 1.82) is 0 Å². The molecule has 0 radical (unpaired) electrons. The van der Waals surface area contributed by atoms with Gasteiger partial charge in [0.2, 0.25) is 0 Å². The van der Waals surface area contributed by atoms with Gasteiger partial charge in [-0.15, -0.1) is 0 Å². The molecule has 2 fully saturated rings. The second-order valence-electron chi connectivity index (χ2n) is 7.41. The molecule has 6 heteroatoms. The molecule has 2 saturated heterocycles. The van der Waals surface area contributed by atoms with Crippen LogP contribution in [0.1, 0.15) is 18.4 Å². The molecule has 1 N–H and O–H groups in total. The number of alkyl carbamates (subject to hydrolysis) is 1. The number of hydrogen-bond acceptors (Lipinski definition) is 4. The van der Waals surface area contributed by atoms with E-state index in [1.165, 1.54) is 7.11 Å². The maximum Gasteiger partial charge on any atom is 0.409 e. The molecular weight excluding hydrogens is 356 g/mol. The topological polar surface area (TPSA) is 67.9 Å². The predicted octanol–water partition coefficient (Wildman–Crippen LogP) is 3.61. The number of ether oxygens (including phenoxy) is 2. The van der Waals surface area contributed by atoms with E-state index in [4.69, 9.17) is 9.47 Å². The first kappa shape index (κ1) is 18.3. The molecule has 2 heterocycles. The Morgan fingerprint density at radius 2 is 2.00 bits per heavy atom. The van der Waals surface area contributed by atoms with Crippen molar-refractivity contribution in [1.82, 2.24) is 10.2 Å². The number of likely N-dealkylation sites (tertiary alicyclic amines) is 1. The average molecular weight is 380 g/mol. The second-order valence-corrected chi connectivity index (χ2v) is 7.41. The molecule has 0 aliphatic carbocycles. The maximum atomic E-state index is 12.4. The Hall–Kier alpha value is -3.02. The number of nitrogens with one attached hydrogen (secondary N) is 1. The van der Waals surface area contributed by atoms with Crippen LogP contribution in [-0.4, -0.2) is 48.9 Å². The van der Waals surface area contributed by atoms with Crippen LogP contribution in [0.25, 0.3) is 11.1 Å². The lowest BCUT2D eigenvalue weighted by Crippen LogP contribution is -2.65. The highest BCUT2D eigenvalue weighted by Crippen LogP contribution is 2.34. The van der Waals surface area contributed by atoms with Gasteiger partial charge in [0, 0.05) is 6.54 Å². The first-order chi connectivity index (χ1) is 13.6. The van der Waals surface area contributed by atoms with Crippen LogP contribution in [0.5, 0.6) is 0 Å². The molecule has 2 aliphatic heterocycles. The third-order valence-corrected chi connectivity index (χ3v) is 5.72. The molecule has 1 spiro atoms. The number of cyclic esters (lactones) is 1. The largest absolute Gasteiger partial charge is 0.453 e. The van der Waals surface area contributed by atoms with Crippen molar-refractivity contribution in [3.8, 4) is 11.1 Å². The van der Waals surface area contributed by atoms with E-state index in [0.717, 1.165) is 29.5 Å². The third kappa shape index (κ3) is 3.42. The first-order valence-corrected chi connectivity index (χ1v) is 9.55. The standard InChI is InChI=1S/C22H24N2O4/c1-27-21(26)24-12-6-11-22(15-28-20(25)23-22)19(24)14-16-7-5-10-18(13-16)17-8-3-2-4-9-17/h2-5,7-10,13,19H,6,11-12,14-15H2,1H3,(H,23,25)/t19-,22+/m0/s1. The van der Waals surface area contributed by atoms with Gasteiger partial charge in [-0.3, -0.25) is 0 Å². The van der Waals surface area contributed by atoms with Gasteiger partial charge in [0.15, 0.2) is 0 Å². The zero-order chi connectivity index (χ0) is 19.6. The second kappa shape index (κ2) is 7.54. The van der Waals surface area contributed by atoms with Gasteiger partial charge in [-0.1, -0.05) is 54.6 Å². The molecule has 146 valence electrons. The quantitative estimate of drug-likeness (QED) is 0.883. The molecule has 28 heavy (non-hydrogen) atoms. The van der Waals surface area contributed by atoms with Crippen LogP contribution in [0.15, 0.2) is 54.6 Å². The van der Waals surface area contributed by atoms with Gasteiger partial charge in [0.25, 0.3) is 0 Å². The fourth-order valence-electron chi connectivity index (χ4n) is 4.34. The van der Waals surface area contributed by atoms with E-state index in [-0.39, 0.29) is 18.7 Å². The predicted molar refractivity (Wildman–Crippen MR) is 105 cm³/mol. The van der Waals surface area contributed by atoms with Gasteiger partial charge in [0.05, 0.1) is 18.7 Å². The molecular formula is C22H24N2O4. The fourth-order valence-corrected chi connectivity index (χ4v) is 4.34. The summed E-state index contributed by atoms with van der Waals surface area (Å²) < 4.78 is 10.3. The number of benzene rings is 2. The number of nitrogens with zero attached hydrogens (tertiary/aromatic N) is 1. The maximum absolute atomic E-state index is 12.4. The molecule has 2 aromatic rings. The zero-order valence-corrected chi connectivity index (χ0v) is 15.9. The van der Waals surface area contributed by atoms with Crippen LogP contribution in [0, 0.1) is 0 Å². The van der Waals surface area contributed by atoms with Gasteiger partial charge in [-0.25, -0.2) is 9.59 Å². The van der Waals surface area contributed by atoms with Gasteiger partial charge in [-0.2, -0.15) is 0 Å². The average Bonchev–Trinajstić information content (AvgIpc) is 3.11. The summed E-state index contributed by atoms with van der Waals surface area (Å²) in [7, 11) is 1.39. The molecule has 2 aliphatic rings. The SMILES string of the molecule is COC(=O)N1CCC[C@@]2(COC(=O)N2)[C@@H]1Cc1cccc(-c2ccccc2)c1. The summed E-state index contributed by atoms with van der Waals surface area (Å²) in [4.78, 5) is 26.0. The van der Waals surface area contributed by atoms with Crippen LogP contribution in [0.3, 0.4) is 0 Å². The number of carbonyl (C=O) groups excluding carboxylic acids is 2. The minimum atomic E-state index is -0.577. The molecule has 2 aromatic carbocycles. The summed E-state index contributed by atoms with van der Waals surface area (Å²) in [5.74, 6) is 0. The van der Waals surface area contributed by atoms with Crippen LogP contribution in [-0.2, 0) is 15.9 Å². The number of rotatable bonds is 3. The number of amides is 2. The molecule has 6 nitrogen and oxygen atoms in total. The summed E-state index contributed by atoms with van der Waals surface area (Å²) in [6, 6.07) is 18.3. The highest BCUT2D eigenvalue weighted by Gasteiger charge is 2.51. The van der Waals surface area contributed by atoms with Crippen LogP contribution in [0.2, 0.25) is 0 Å². The normalized spacial score (nSPS) is 24.0. The minimum absolute atomic E-state index is 0.230. The van der Waals surface area contributed by atoms with Crippen molar-refractivity contribution in [3.63, 3.8) is 0 Å². The number of hydrogen-bond donors (Lipinski definition) is 1. The van der Waals surface area contributed by atoms with E-state index >= 15 is 0 Å². The monoisotopic (exact) mass is 380 g/mol. The van der Waals surface area contributed by atoms with E-state index < -0.39 is 11.6 Å². The molecule has 2 amide bonds. The summed E-state index contributed by atoms with van der Waals surface area (Å²) in [5, 5.41) is 2.98. The Balaban J connectivity index is 1.66.